The molecule has 0 saturated carbocycles. The summed E-state index contributed by atoms with van der Waals surface area (Å²) in [6.07, 6.45) is 31.4. The molecule has 0 aliphatic carbocycles. The van der Waals surface area contributed by atoms with E-state index in [0.29, 0.717) is 26.1 Å². The molecule has 0 bridgehead atoms. The lowest BCUT2D eigenvalue weighted by Crippen LogP contribution is -2.35. The predicted molar refractivity (Wildman–Crippen MR) is 181 cm³/mol. The molecule has 262 valence electrons. The molecule has 0 saturated heterocycles. The summed E-state index contributed by atoms with van der Waals surface area (Å²) in [5.41, 5.74) is -0.774. The minimum absolute atomic E-state index is 0.0563. The number of esters is 2. The molecule has 0 aromatic rings. The van der Waals surface area contributed by atoms with Gasteiger partial charge in [-0.3, -0.25) is 9.59 Å². The van der Waals surface area contributed by atoms with Gasteiger partial charge in [0.05, 0.1) is 12.0 Å². The Labute approximate surface area is 271 Å². The van der Waals surface area contributed by atoms with Crippen LogP contribution < -0.4 is 0 Å². The van der Waals surface area contributed by atoms with Gasteiger partial charge in [0.2, 0.25) is 0 Å². The lowest BCUT2D eigenvalue weighted by atomic mass is 9.94. The summed E-state index contributed by atoms with van der Waals surface area (Å²) in [5, 5.41) is 27.4. The molecule has 3 N–H and O–H groups in total. The molecule has 0 aliphatic rings. The number of hydrogen-bond acceptors (Lipinski definition) is 7. The molecule has 0 heterocycles. The van der Waals surface area contributed by atoms with E-state index < -0.39 is 5.41 Å². The third-order valence-electron chi connectivity index (χ3n) is 8.62. The third-order valence-corrected chi connectivity index (χ3v) is 8.62. The van der Waals surface area contributed by atoms with Crippen molar-refractivity contribution >= 4 is 11.9 Å². The number of aliphatic hydroxyl groups excluding tert-OH is 3. The normalized spacial score (nSPS) is 11.6. The minimum Gasteiger partial charge on any atom is -0.465 e. The van der Waals surface area contributed by atoms with Crippen LogP contribution in [0.2, 0.25) is 0 Å². The van der Waals surface area contributed by atoms with Gasteiger partial charge < -0.3 is 24.8 Å². The average Bonchev–Trinajstić information content (AvgIpc) is 3.03. The van der Waals surface area contributed by atoms with Crippen molar-refractivity contribution in [3.8, 4) is 0 Å². The summed E-state index contributed by atoms with van der Waals surface area (Å²) < 4.78 is 10.8. The fraction of sp³-hybridized carbons (Fsp3) is 0.946. The molecule has 0 unspecified atom stereocenters. The van der Waals surface area contributed by atoms with E-state index in [0.717, 1.165) is 64.2 Å². The van der Waals surface area contributed by atoms with E-state index in [4.69, 9.17) is 19.7 Å². The Bertz CT molecular complexity index is 577. The zero-order valence-electron chi connectivity index (χ0n) is 28.8. The van der Waals surface area contributed by atoms with E-state index in [1.165, 1.54) is 103 Å². The topological polar surface area (TPSA) is 113 Å². The van der Waals surface area contributed by atoms with Gasteiger partial charge in [-0.15, -0.1) is 0 Å². The van der Waals surface area contributed by atoms with E-state index in [1.54, 1.807) is 6.92 Å². The average molecular weight is 629 g/mol. The maximum absolute atomic E-state index is 12.2. The van der Waals surface area contributed by atoms with Crippen LogP contribution in [-0.2, 0) is 19.1 Å². The van der Waals surface area contributed by atoms with Crippen LogP contribution >= 0.6 is 0 Å². The van der Waals surface area contributed by atoms with Gasteiger partial charge in [-0.1, -0.05) is 148 Å². The van der Waals surface area contributed by atoms with Gasteiger partial charge in [-0.05, 0) is 25.7 Å². The van der Waals surface area contributed by atoms with Gasteiger partial charge in [-0.25, -0.2) is 0 Å². The molecule has 0 fully saturated rings. The van der Waals surface area contributed by atoms with E-state index >= 15 is 0 Å². The van der Waals surface area contributed by atoms with Gasteiger partial charge >= 0.3 is 11.9 Å². The van der Waals surface area contributed by atoms with Crippen molar-refractivity contribution in [2.24, 2.45) is 5.41 Å². The summed E-state index contributed by atoms with van der Waals surface area (Å²) in [7, 11) is 0. The first kappa shape index (κ1) is 42.8. The van der Waals surface area contributed by atoms with Crippen molar-refractivity contribution in [1.82, 2.24) is 0 Å². The van der Waals surface area contributed by atoms with Crippen molar-refractivity contribution in [2.75, 3.05) is 33.0 Å². The van der Waals surface area contributed by atoms with Gasteiger partial charge in [0, 0.05) is 26.1 Å². The summed E-state index contributed by atoms with van der Waals surface area (Å²) in [6, 6.07) is 0. The Morgan fingerprint density at radius 3 is 0.864 bits per heavy atom. The minimum atomic E-state index is -0.774. The first-order valence-electron chi connectivity index (χ1n) is 18.6. The monoisotopic (exact) mass is 629 g/mol. The Morgan fingerprint density at radius 2 is 0.636 bits per heavy atom. The quantitative estimate of drug-likeness (QED) is 0.0474. The molecule has 44 heavy (non-hydrogen) atoms. The van der Waals surface area contributed by atoms with Gasteiger partial charge in [-0.2, -0.15) is 0 Å². The van der Waals surface area contributed by atoms with Crippen LogP contribution in [0.4, 0.5) is 0 Å². The van der Waals surface area contributed by atoms with Crippen LogP contribution in [0.15, 0.2) is 0 Å². The lowest BCUT2D eigenvalue weighted by molar-refractivity contribution is -0.155. The largest absolute Gasteiger partial charge is 0.465 e. The number of unbranched alkanes of at least 4 members (excludes halogenated alkanes) is 24. The van der Waals surface area contributed by atoms with Crippen LogP contribution in [0.25, 0.3) is 0 Å². The SMILES string of the molecule is CC(CO)(COC(=O)CCCCCCCCCCCCCCCO)COC(=O)CCCCCCCCCCCCCCCO. The highest BCUT2D eigenvalue weighted by atomic mass is 16.5. The smallest absolute Gasteiger partial charge is 0.305 e. The van der Waals surface area contributed by atoms with Crippen LogP contribution in [0.3, 0.4) is 0 Å². The molecule has 0 amide bonds. The highest BCUT2D eigenvalue weighted by Crippen LogP contribution is 2.19. The maximum Gasteiger partial charge on any atom is 0.305 e. The van der Waals surface area contributed by atoms with E-state index in [-0.39, 0.29) is 31.8 Å². The fourth-order valence-electron chi connectivity index (χ4n) is 5.44. The molecule has 0 aliphatic heterocycles. The standard InChI is InChI=1S/C37H72O7/c1-37(32-40,33-43-35(41)28-24-20-16-12-8-4-2-6-10-14-18-22-26-30-38)34-44-36(42)29-25-21-17-13-9-5-3-7-11-15-19-23-27-31-39/h38-40H,2-34H2,1H3. The Morgan fingerprint density at radius 1 is 0.409 bits per heavy atom. The summed E-state index contributed by atoms with van der Waals surface area (Å²) >= 11 is 0. The van der Waals surface area contributed by atoms with Crippen LogP contribution in [0.1, 0.15) is 187 Å². The molecule has 7 nitrogen and oxygen atoms in total. The van der Waals surface area contributed by atoms with Crippen molar-refractivity contribution in [3.05, 3.63) is 0 Å². The second-order valence-corrected chi connectivity index (χ2v) is 13.4. The molecule has 0 rings (SSSR count). The van der Waals surface area contributed by atoms with Gasteiger partial charge in [0.25, 0.3) is 0 Å². The first-order chi connectivity index (χ1) is 21.5. The highest BCUT2D eigenvalue weighted by molar-refractivity contribution is 5.69. The maximum atomic E-state index is 12.2. The molecule has 0 spiro atoms. The number of carbonyl (C=O) groups is 2. The third kappa shape index (κ3) is 30.8. The molecule has 7 heteroatoms. The van der Waals surface area contributed by atoms with Gasteiger partial charge in [0.15, 0.2) is 0 Å². The Hall–Kier alpha value is -1.18. The van der Waals surface area contributed by atoms with Crippen LogP contribution in [0, 0.1) is 5.41 Å². The summed E-state index contributed by atoms with van der Waals surface area (Å²) in [4.78, 5) is 24.4. The van der Waals surface area contributed by atoms with Gasteiger partial charge in [0.1, 0.15) is 13.2 Å². The highest BCUT2D eigenvalue weighted by Gasteiger charge is 2.27. The molecular weight excluding hydrogens is 556 g/mol. The van der Waals surface area contributed by atoms with Crippen LogP contribution in [0.5, 0.6) is 0 Å². The Balaban J connectivity index is 3.63. The zero-order chi connectivity index (χ0) is 32.4. The summed E-state index contributed by atoms with van der Waals surface area (Å²) in [5.74, 6) is -0.492. The lowest BCUT2D eigenvalue weighted by Gasteiger charge is -2.26. The number of carbonyl (C=O) groups excluding carboxylic acids is 2. The number of ether oxygens (including phenoxy) is 2. The van der Waals surface area contributed by atoms with E-state index in [9.17, 15) is 14.7 Å². The first-order valence-corrected chi connectivity index (χ1v) is 18.6. The number of rotatable bonds is 35. The molecule has 0 radical (unpaired) electrons. The molecular formula is C37H72O7. The van der Waals surface area contributed by atoms with Crippen molar-refractivity contribution < 1.29 is 34.4 Å². The number of hydrogen-bond donors (Lipinski definition) is 3. The fourth-order valence-corrected chi connectivity index (χ4v) is 5.44. The van der Waals surface area contributed by atoms with E-state index in [2.05, 4.69) is 0 Å². The number of aliphatic hydroxyl groups is 3. The Kier molecular flexibility index (Phi) is 32.3. The molecule has 0 aromatic carbocycles. The van der Waals surface area contributed by atoms with E-state index in [1.807, 2.05) is 0 Å². The van der Waals surface area contributed by atoms with Crippen molar-refractivity contribution in [3.63, 3.8) is 0 Å². The summed E-state index contributed by atoms with van der Waals surface area (Å²) in [6.45, 7) is 2.32. The molecule has 0 aromatic heterocycles. The molecule has 0 atom stereocenters. The van der Waals surface area contributed by atoms with Crippen molar-refractivity contribution in [1.29, 1.82) is 0 Å². The van der Waals surface area contributed by atoms with Crippen LogP contribution in [-0.4, -0.2) is 60.3 Å². The second-order valence-electron chi connectivity index (χ2n) is 13.4. The second kappa shape index (κ2) is 33.2. The predicted octanol–water partition coefficient (Wildman–Crippen LogP) is 8.98. The van der Waals surface area contributed by atoms with Crippen molar-refractivity contribution in [2.45, 2.75) is 187 Å². The zero-order valence-corrected chi connectivity index (χ0v) is 28.8.